The van der Waals surface area contributed by atoms with E-state index >= 15 is 0 Å². The zero-order valence-electron chi connectivity index (χ0n) is 10.8. The monoisotopic (exact) mass is 213 g/mol. The van der Waals surface area contributed by atoms with Crippen molar-refractivity contribution in [3.63, 3.8) is 0 Å². The lowest BCUT2D eigenvalue weighted by Gasteiger charge is -2.38. The molecule has 1 rings (SSSR count). The van der Waals surface area contributed by atoms with Crippen molar-refractivity contribution in [1.29, 1.82) is 0 Å². The molecular weight excluding hydrogens is 186 g/mol. The maximum absolute atomic E-state index is 9.86. The topological polar surface area (TPSA) is 23.5 Å². The molecule has 2 heteroatoms. The van der Waals surface area contributed by atoms with E-state index in [-0.39, 0.29) is 0 Å². The summed E-state index contributed by atoms with van der Waals surface area (Å²) in [4.78, 5) is 2.45. The Labute approximate surface area is 94.7 Å². The van der Waals surface area contributed by atoms with Gasteiger partial charge in [0, 0.05) is 12.6 Å². The van der Waals surface area contributed by atoms with Gasteiger partial charge in [0.15, 0.2) is 0 Å². The molecule has 0 unspecified atom stereocenters. The van der Waals surface area contributed by atoms with Crippen LogP contribution in [0.2, 0.25) is 0 Å². The van der Waals surface area contributed by atoms with Crippen LogP contribution < -0.4 is 0 Å². The fourth-order valence-corrected chi connectivity index (χ4v) is 2.60. The van der Waals surface area contributed by atoms with Crippen molar-refractivity contribution in [2.45, 2.75) is 65.0 Å². The molecule has 1 aliphatic carbocycles. The van der Waals surface area contributed by atoms with Crippen LogP contribution >= 0.6 is 0 Å². The number of hydrogen-bond donors (Lipinski definition) is 1. The third-order valence-electron chi connectivity index (χ3n) is 3.50. The van der Waals surface area contributed by atoms with E-state index in [1.54, 1.807) is 0 Å². The summed E-state index contributed by atoms with van der Waals surface area (Å²) in [5.41, 5.74) is -0.556. The van der Waals surface area contributed by atoms with Gasteiger partial charge in [-0.3, -0.25) is 4.90 Å². The van der Waals surface area contributed by atoms with Gasteiger partial charge in [-0.15, -0.1) is 0 Å². The molecule has 0 aromatic heterocycles. The van der Waals surface area contributed by atoms with Gasteiger partial charge in [-0.2, -0.15) is 0 Å². The van der Waals surface area contributed by atoms with Crippen LogP contribution in [0, 0.1) is 5.92 Å². The molecule has 0 radical (unpaired) electrons. The van der Waals surface area contributed by atoms with Crippen molar-refractivity contribution in [2.75, 3.05) is 13.1 Å². The Balaban J connectivity index is 2.44. The summed E-state index contributed by atoms with van der Waals surface area (Å²) in [6.45, 7) is 10.2. The average molecular weight is 213 g/mol. The van der Waals surface area contributed by atoms with Gasteiger partial charge in [-0.25, -0.2) is 0 Å². The first-order valence-electron chi connectivity index (χ1n) is 6.39. The van der Waals surface area contributed by atoms with Gasteiger partial charge in [0.25, 0.3) is 0 Å². The minimum Gasteiger partial charge on any atom is -0.389 e. The first-order chi connectivity index (χ1) is 6.92. The largest absolute Gasteiger partial charge is 0.389 e. The molecule has 0 saturated heterocycles. The maximum Gasteiger partial charge on any atom is 0.0718 e. The van der Waals surface area contributed by atoms with E-state index in [0.717, 1.165) is 19.0 Å². The molecule has 0 amide bonds. The molecule has 1 saturated carbocycles. The summed E-state index contributed by atoms with van der Waals surface area (Å²) >= 11 is 0. The Hall–Kier alpha value is -0.0800. The first-order valence-corrected chi connectivity index (χ1v) is 6.39. The smallest absolute Gasteiger partial charge is 0.0718 e. The molecule has 0 aromatic carbocycles. The molecule has 2 nitrogen and oxygen atoms in total. The number of likely N-dealkylation sites (N-methyl/N-ethyl adjacent to an activating group) is 1. The Bertz CT molecular complexity index is 177. The summed E-state index contributed by atoms with van der Waals surface area (Å²) in [5, 5.41) is 9.86. The molecule has 0 bridgehead atoms. The Kier molecular flexibility index (Phi) is 4.60. The van der Waals surface area contributed by atoms with Crippen LogP contribution in [0.4, 0.5) is 0 Å². The van der Waals surface area contributed by atoms with E-state index in [1.807, 2.05) is 13.8 Å². The van der Waals surface area contributed by atoms with Crippen LogP contribution in [0.1, 0.15) is 53.4 Å². The van der Waals surface area contributed by atoms with Crippen molar-refractivity contribution in [2.24, 2.45) is 5.92 Å². The van der Waals surface area contributed by atoms with Gasteiger partial charge >= 0.3 is 0 Å². The Morgan fingerprint density at radius 1 is 1.20 bits per heavy atom. The SMILES string of the molecule is CCN(CC(C)(C)O)C1CCC(C)CC1. The molecule has 1 fully saturated rings. The lowest BCUT2D eigenvalue weighted by Crippen LogP contribution is -2.45. The maximum atomic E-state index is 9.86. The van der Waals surface area contributed by atoms with Gasteiger partial charge in [-0.05, 0) is 52.0 Å². The minimum absolute atomic E-state index is 0.556. The van der Waals surface area contributed by atoms with Crippen LogP contribution in [0.15, 0.2) is 0 Å². The van der Waals surface area contributed by atoms with Crippen LogP contribution in [-0.2, 0) is 0 Å². The minimum atomic E-state index is -0.556. The van der Waals surface area contributed by atoms with Crippen LogP contribution in [0.5, 0.6) is 0 Å². The van der Waals surface area contributed by atoms with Crippen molar-refractivity contribution in [3.05, 3.63) is 0 Å². The standard InChI is InChI=1S/C13H27NO/c1-5-14(10-13(3,4)15)12-8-6-11(2)7-9-12/h11-12,15H,5-10H2,1-4H3. The predicted molar refractivity (Wildman–Crippen MR) is 65.0 cm³/mol. The lowest BCUT2D eigenvalue weighted by molar-refractivity contribution is 0.0136. The molecule has 0 heterocycles. The van der Waals surface area contributed by atoms with Crippen molar-refractivity contribution in [1.82, 2.24) is 4.90 Å². The average Bonchev–Trinajstić information content (AvgIpc) is 2.14. The summed E-state index contributed by atoms with van der Waals surface area (Å²) < 4.78 is 0. The molecule has 90 valence electrons. The van der Waals surface area contributed by atoms with Crippen molar-refractivity contribution >= 4 is 0 Å². The molecule has 15 heavy (non-hydrogen) atoms. The summed E-state index contributed by atoms with van der Waals surface area (Å²) in [6, 6.07) is 0.706. The molecule has 0 aliphatic heterocycles. The predicted octanol–water partition coefficient (Wildman–Crippen LogP) is 2.66. The van der Waals surface area contributed by atoms with Gasteiger partial charge in [0.2, 0.25) is 0 Å². The van der Waals surface area contributed by atoms with Crippen LogP contribution in [0.25, 0.3) is 0 Å². The Morgan fingerprint density at radius 3 is 2.13 bits per heavy atom. The number of hydrogen-bond acceptors (Lipinski definition) is 2. The summed E-state index contributed by atoms with van der Waals surface area (Å²) in [5.74, 6) is 0.905. The highest BCUT2D eigenvalue weighted by molar-refractivity contribution is 4.81. The molecule has 0 spiro atoms. The van der Waals surface area contributed by atoms with E-state index < -0.39 is 5.60 Å². The summed E-state index contributed by atoms with van der Waals surface area (Å²) in [7, 11) is 0. The molecule has 1 aliphatic rings. The highest BCUT2D eigenvalue weighted by Gasteiger charge is 2.26. The van der Waals surface area contributed by atoms with Crippen molar-refractivity contribution in [3.8, 4) is 0 Å². The highest BCUT2D eigenvalue weighted by Crippen LogP contribution is 2.27. The highest BCUT2D eigenvalue weighted by atomic mass is 16.3. The third-order valence-corrected chi connectivity index (χ3v) is 3.50. The van der Waals surface area contributed by atoms with Gasteiger partial charge in [-0.1, -0.05) is 13.8 Å². The van der Waals surface area contributed by atoms with Crippen molar-refractivity contribution < 1.29 is 5.11 Å². The zero-order valence-corrected chi connectivity index (χ0v) is 10.8. The second-order valence-corrected chi connectivity index (χ2v) is 5.79. The van der Waals surface area contributed by atoms with E-state index in [4.69, 9.17) is 0 Å². The fourth-order valence-electron chi connectivity index (χ4n) is 2.60. The lowest BCUT2D eigenvalue weighted by atomic mass is 9.86. The van der Waals surface area contributed by atoms with E-state index in [2.05, 4.69) is 18.7 Å². The quantitative estimate of drug-likeness (QED) is 0.776. The fraction of sp³-hybridized carbons (Fsp3) is 1.00. The van der Waals surface area contributed by atoms with Crippen LogP contribution in [-0.4, -0.2) is 34.7 Å². The second kappa shape index (κ2) is 5.31. The number of rotatable bonds is 4. The Morgan fingerprint density at radius 2 is 1.73 bits per heavy atom. The van der Waals surface area contributed by atoms with Crippen LogP contribution in [0.3, 0.4) is 0 Å². The van der Waals surface area contributed by atoms with Gasteiger partial charge in [0.05, 0.1) is 5.60 Å². The zero-order chi connectivity index (χ0) is 11.5. The molecule has 0 aromatic rings. The van der Waals surface area contributed by atoms with Gasteiger partial charge in [0.1, 0.15) is 0 Å². The molecule has 0 atom stereocenters. The van der Waals surface area contributed by atoms with E-state index in [9.17, 15) is 5.11 Å². The first kappa shape index (κ1) is 13.0. The number of aliphatic hydroxyl groups is 1. The van der Waals surface area contributed by atoms with Gasteiger partial charge < -0.3 is 5.11 Å². The molecule has 1 N–H and O–H groups in total. The van der Waals surface area contributed by atoms with E-state index in [0.29, 0.717) is 6.04 Å². The number of nitrogens with zero attached hydrogens (tertiary/aromatic N) is 1. The second-order valence-electron chi connectivity index (χ2n) is 5.79. The molecular formula is C13H27NO. The van der Waals surface area contributed by atoms with E-state index in [1.165, 1.54) is 25.7 Å². The third kappa shape index (κ3) is 4.52. The normalized spacial score (nSPS) is 28.4. The summed E-state index contributed by atoms with van der Waals surface area (Å²) in [6.07, 6.45) is 5.33.